The lowest BCUT2D eigenvalue weighted by Gasteiger charge is -2.28. The van der Waals surface area contributed by atoms with E-state index in [4.69, 9.17) is 0 Å². The van der Waals surface area contributed by atoms with Crippen molar-refractivity contribution < 1.29 is 4.79 Å². The van der Waals surface area contributed by atoms with Crippen molar-refractivity contribution in [2.45, 2.75) is 45.6 Å². The Morgan fingerprint density at radius 3 is 2.48 bits per heavy atom. The van der Waals surface area contributed by atoms with Gasteiger partial charge in [-0.25, -0.2) is 0 Å². The summed E-state index contributed by atoms with van der Waals surface area (Å²) in [6, 6.07) is 12.4. The van der Waals surface area contributed by atoms with E-state index in [9.17, 15) is 4.79 Å². The van der Waals surface area contributed by atoms with E-state index >= 15 is 0 Å². The number of rotatable bonds is 6. The number of pyridine rings is 1. The molecule has 0 aliphatic heterocycles. The number of carbonyl (C=O) groups excluding carboxylic acids is 1. The first-order valence-electron chi connectivity index (χ1n) is 9.00. The second kappa shape index (κ2) is 7.64. The minimum Gasteiger partial charge on any atom is -0.349 e. The van der Waals surface area contributed by atoms with E-state index in [1.54, 1.807) is 0 Å². The van der Waals surface area contributed by atoms with Crippen molar-refractivity contribution in [3.63, 3.8) is 0 Å². The fraction of sp³-hybridized carbons (Fsp3) is 0.364. The number of amides is 1. The lowest BCUT2D eigenvalue weighted by Crippen LogP contribution is -2.37. The molecule has 3 nitrogen and oxygen atoms in total. The number of hydrogen-bond acceptors (Lipinski definition) is 2. The summed E-state index contributed by atoms with van der Waals surface area (Å²) >= 11 is 0. The average molecular weight is 334 g/mol. The zero-order valence-electron chi connectivity index (χ0n) is 15.1. The Kier molecular flexibility index (Phi) is 5.32. The van der Waals surface area contributed by atoms with Gasteiger partial charge in [0, 0.05) is 17.7 Å². The summed E-state index contributed by atoms with van der Waals surface area (Å²) in [6.07, 6.45) is 5.85. The lowest BCUT2D eigenvalue weighted by molar-refractivity contribution is -0.128. The Bertz CT molecular complexity index is 743. The van der Waals surface area contributed by atoms with Gasteiger partial charge in [-0.2, -0.15) is 0 Å². The first-order valence-corrected chi connectivity index (χ1v) is 9.00. The fourth-order valence-corrected chi connectivity index (χ4v) is 3.09. The Balaban J connectivity index is 1.76. The van der Waals surface area contributed by atoms with Crippen molar-refractivity contribution in [2.75, 3.05) is 0 Å². The maximum Gasteiger partial charge on any atom is 0.223 e. The molecule has 0 saturated heterocycles. The molecule has 1 aliphatic carbocycles. The molecule has 1 aromatic heterocycles. The quantitative estimate of drug-likeness (QED) is 0.757. The van der Waals surface area contributed by atoms with Gasteiger partial charge in [0.1, 0.15) is 0 Å². The van der Waals surface area contributed by atoms with Gasteiger partial charge in [-0.1, -0.05) is 42.3 Å². The Labute approximate surface area is 150 Å². The minimum atomic E-state index is -0.00868. The second-order valence-corrected chi connectivity index (χ2v) is 7.19. The number of nitrogens with zero attached hydrogens (tertiary/aromatic N) is 1. The van der Waals surface area contributed by atoms with Gasteiger partial charge in [-0.05, 0) is 50.3 Å². The summed E-state index contributed by atoms with van der Waals surface area (Å²) in [4.78, 5) is 16.8. The molecule has 130 valence electrons. The fourth-order valence-electron chi connectivity index (χ4n) is 3.09. The second-order valence-electron chi connectivity index (χ2n) is 7.19. The van der Waals surface area contributed by atoms with E-state index in [2.05, 4.69) is 47.2 Å². The largest absolute Gasteiger partial charge is 0.349 e. The molecule has 25 heavy (non-hydrogen) atoms. The number of nitrogens with one attached hydrogen (secondary N) is 1. The van der Waals surface area contributed by atoms with Gasteiger partial charge in [0.15, 0.2) is 0 Å². The molecule has 1 aliphatic rings. The predicted molar refractivity (Wildman–Crippen MR) is 102 cm³/mol. The molecule has 1 amide bonds. The number of benzene rings is 1. The third-order valence-electron chi connectivity index (χ3n) is 4.87. The van der Waals surface area contributed by atoms with Crippen molar-refractivity contribution in [3.05, 3.63) is 65.9 Å². The molecule has 0 radical (unpaired) electrons. The summed E-state index contributed by atoms with van der Waals surface area (Å²) in [7, 11) is 0. The van der Waals surface area contributed by atoms with Crippen LogP contribution in [0.3, 0.4) is 0 Å². The van der Waals surface area contributed by atoms with Gasteiger partial charge in [-0.3, -0.25) is 9.78 Å². The summed E-state index contributed by atoms with van der Waals surface area (Å²) < 4.78 is 0. The van der Waals surface area contributed by atoms with Crippen LogP contribution >= 0.6 is 0 Å². The summed E-state index contributed by atoms with van der Waals surface area (Å²) in [5, 5.41) is 3.22. The highest BCUT2D eigenvalue weighted by molar-refractivity contribution is 5.80. The number of aromatic nitrogens is 1. The van der Waals surface area contributed by atoms with E-state index in [1.807, 2.05) is 26.1 Å². The van der Waals surface area contributed by atoms with Crippen molar-refractivity contribution in [2.24, 2.45) is 5.92 Å². The smallest absolute Gasteiger partial charge is 0.223 e. The molecule has 1 atom stereocenters. The molecule has 0 bridgehead atoms. The van der Waals surface area contributed by atoms with Gasteiger partial charge in [-0.15, -0.1) is 6.58 Å². The van der Waals surface area contributed by atoms with Crippen LogP contribution in [0, 0.1) is 12.8 Å². The van der Waals surface area contributed by atoms with Gasteiger partial charge < -0.3 is 5.32 Å². The van der Waals surface area contributed by atoms with Crippen LogP contribution in [0.5, 0.6) is 0 Å². The molecule has 3 heteroatoms. The molecule has 1 heterocycles. The van der Waals surface area contributed by atoms with Gasteiger partial charge in [0.2, 0.25) is 5.91 Å². The molecule has 1 N–H and O–H groups in total. The van der Waals surface area contributed by atoms with Crippen LogP contribution in [0.4, 0.5) is 0 Å². The van der Waals surface area contributed by atoms with Crippen molar-refractivity contribution in [1.82, 2.24) is 10.3 Å². The van der Waals surface area contributed by atoms with Gasteiger partial charge in [0.25, 0.3) is 0 Å². The molecular weight excluding hydrogens is 308 g/mol. The van der Waals surface area contributed by atoms with Crippen molar-refractivity contribution in [1.29, 1.82) is 0 Å². The molecule has 0 spiro atoms. The lowest BCUT2D eigenvalue weighted by atomic mass is 9.84. The topological polar surface area (TPSA) is 42.0 Å². The van der Waals surface area contributed by atoms with Crippen molar-refractivity contribution in [3.8, 4) is 11.3 Å². The molecular formula is C22H26N2O. The Morgan fingerprint density at radius 1 is 1.24 bits per heavy atom. The minimum absolute atomic E-state index is 0.00868. The zero-order chi connectivity index (χ0) is 17.8. The third-order valence-corrected chi connectivity index (χ3v) is 4.87. The molecule has 2 aromatic rings. The average Bonchev–Trinajstić information content (AvgIpc) is 2.53. The summed E-state index contributed by atoms with van der Waals surface area (Å²) in [5.41, 5.74) is 5.39. The summed E-state index contributed by atoms with van der Waals surface area (Å²) in [6.45, 7) is 8.06. The SMILES string of the molecule is C=C(C)CC(NC(=O)C1CCC1)c1ccc(-c2ccc(C)cn2)cc1. The van der Waals surface area contributed by atoms with E-state index in [-0.39, 0.29) is 17.9 Å². The van der Waals surface area contributed by atoms with Crippen LogP contribution in [0.1, 0.15) is 49.8 Å². The highest BCUT2D eigenvalue weighted by Crippen LogP contribution is 2.29. The van der Waals surface area contributed by atoms with Crippen LogP contribution in [0.25, 0.3) is 11.3 Å². The standard InChI is InChI=1S/C22H26N2O/c1-15(2)13-21(24-22(25)19-5-4-6-19)18-10-8-17(9-11-18)20-12-7-16(3)14-23-20/h7-12,14,19,21H,1,4-6,13H2,2-3H3,(H,24,25). The maximum atomic E-state index is 12.4. The highest BCUT2D eigenvalue weighted by atomic mass is 16.2. The molecule has 1 saturated carbocycles. The van der Waals surface area contributed by atoms with E-state index in [0.29, 0.717) is 0 Å². The zero-order valence-corrected chi connectivity index (χ0v) is 15.1. The molecule has 1 aromatic carbocycles. The van der Waals surface area contributed by atoms with E-state index < -0.39 is 0 Å². The first-order chi connectivity index (χ1) is 12.0. The molecule has 3 rings (SSSR count). The number of hydrogen-bond donors (Lipinski definition) is 1. The highest BCUT2D eigenvalue weighted by Gasteiger charge is 2.27. The normalized spacial score (nSPS) is 15.3. The van der Waals surface area contributed by atoms with Crippen molar-refractivity contribution >= 4 is 5.91 Å². The number of carbonyl (C=O) groups is 1. The first kappa shape index (κ1) is 17.4. The molecule has 1 unspecified atom stereocenters. The van der Waals surface area contributed by atoms with Crippen LogP contribution in [-0.2, 0) is 4.79 Å². The van der Waals surface area contributed by atoms with Crippen LogP contribution in [0.2, 0.25) is 0 Å². The third kappa shape index (κ3) is 4.36. The summed E-state index contributed by atoms with van der Waals surface area (Å²) in [5.74, 6) is 0.380. The molecule has 1 fully saturated rings. The predicted octanol–water partition coefficient (Wildman–Crippen LogP) is 4.98. The van der Waals surface area contributed by atoms with Crippen LogP contribution in [-0.4, -0.2) is 10.9 Å². The Morgan fingerprint density at radius 2 is 1.96 bits per heavy atom. The van der Waals surface area contributed by atoms with Crippen LogP contribution in [0.15, 0.2) is 54.7 Å². The number of aryl methyl sites for hydroxylation is 1. The monoisotopic (exact) mass is 334 g/mol. The Hall–Kier alpha value is -2.42. The van der Waals surface area contributed by atoms with Crippen LogP contribution < -0.4 is 5.32 Å². The van der Waals surface area contributed by atoms with E-state index in [1.165, 1.54) is 6.42 Å². The maximum absolute atomic E-state index is 12.4. The van der Waals surface area contributed by atoms with Gasteiger partial charge >= 0.3 is 0 Å². The van der Waals surface area contributed by atoms with E-state index in [0.717, 1.165) is 47.2 Å². The van der Waals surface area contributed by atoms with Gasteiger partial charge in [0.05, 0.1) is 11.7 Å².